The summed E-state index contributed by atoms with van der Waals surface area (Å²) in [6, 6.07) is 9.11. The number of carbonyl (C=O) groups is 2. The highest BCUT2D eigenvalue weighted by atomic mass is 16.2. The van der Waals surface area contributed by atoms with Crippen molar-refractivity contribution in [1.29, 1.82) is 0 Å². The maximum absolute atomic E-state index is 12.1. The van der Waals surface area contributed by atoms with Gasteiger partial charge >= 0.3 is 0 Å². The van der Waals surface area contributed by atoms with Gasteiger partial charge in [0.2, 0.25) is 5.91 Å². The SMILES string of the molecule is C=CC(=O)N1Cc2ccc(NC(=O)c3cccnc3)cc2C1. The Labute approximate surface area is 128 Å². The van der Waals surface area contributed by atoms with Crippen molar-refractivity contribution in [1.82, 2.24) is 9.88 Å². The van der Waals surface area contributed by atoms with Gasteiger partial charge in [-0.15, -0.1) is 0 Å². The van der Waals surface area contributed by atoms with Crippen LogP contribution in [0.4, 0.5) is 5.69 Å². The van der Waals surface area contributed by atoms with E-state index in [1.54, 1.807) is 23.2 Å². The van der Waals surface area contributed by atoms with E-state index in [-0.39, 0.29) is 11.8 Å². The predicted octanol–water partition coefficient (Wildman–Crippen LogP) is 2.36. The number of hydrogen-bond donors (Lipinski definition) is 1. The molecule has 0 saturated heterocycles. The molecular weight excluding hydrogens is 278 g/mol. The third kappa shape index (κ3) is 2.74. The van der Waals surface area contributed by atoms with Crippen molar-refractivity contribution in [2.24, 2.45) is 0 Å². The summed E-state index contributed by atoms with van der Waals surface area (Å²) in [6.07, 6.45) is 4.46. The number of fused-ring (bicyclic) bond motifs is 1. The minimum Gasteiger partial charge on any atom is -0.331 e. The molecule has 0 unspecified atom stereocenters. The number of anilines is 1. The van der Waals surface area contributed by atoms with Crippen molar-refractivity contribution in [3.05, 3.63) is 72.1 Å². The molecule has 1 aliphatic rings. The molecule has 110 valence electrons. The van der Waals surface area contributed by atoms with E-state index in [4.69, 9.17) is 0 Å². The van der Waals surface area contributed by atoms with Crippen molar-refractivity contribution in [2.75, 3.05) is 5.32 Å². The quantitative estimate of drug-likeness (QED) is 0.884. The van der Waals surface area contributed by atoms with Crippen LogP contribution in [0.1, 0.15) is 21.5 Å². The van der Waals surface area contributed by atoms with Gasteiger partial charge in [-0.1, -0.05) is 12.6 Å². The first-order valence-electron chi connectivity index (χ1n) is 6.92. The molecule has 5 nitrogen and oxygen atoms in total. The first-order chi connectivity index (χ1) is 10.7. The van der Waals surface area contributed by atoms with Crippen LogP contribution in [0.25, 0.3) is 0 Å². The van der Waals surface area contributed by atoms with Crippen LogP contribution in [0.2, 0.25) is 0 Å². The van der Waals surface area contributed by atoms with Crippen molar-refractivity contribution < 1.29 is 9.59 Å². The molecule has 5 heteroatoms. The monoisotopic (exact) mass is 293 g/mol. The van der Waals surface area contributed by atoms with E-state index in [2.05, 4.69) is 16.9 Å². The Balaban J connectivity index is 1.75. The number of aromatic nitrogens is 1. The first-order valence-corrected chi connectivity index (χ1v) is 6.92. The van der Waals surface area contributed by atoms with Crippen molar-refractivity contribution in [3.63, 3.8) is 0 Å². The Morgan fingerprint density at radius 1 is 1.23 bits per heavy atom. The minimum absolute atomic E-state index is 0.0860. The molecule has 0 fully saturated rings. The number of amides is 2. The number of nitrogens with one attached hydrogen (secondary N) is 1. The Morgan fingerprint density at radius 3 is 2.77 bits per heavy atom. The molecule has 3 rings (SSSR count). The van der Waals surface area contributed by atoms with Gasteiger partial charge in [0.15, 0.2) is 0 Å². The van der Waals surface area contributed by atoms with Crippen molar-refractivity contribution in [3.8, 4) is 0 Å². The molecule has 22 heavy (non-hydrogen) atoms. The lowest BCUT2D eigenvalue weighted by Crippen LogP contribution is -2.22. The molecule has 1 N–H and O–H groups in total. The van der Waals surface area contributed by atoms with Crippen LogP contribution in [0.15, 0.2) is 55.4 Å². The fraction of sp³-hybridized carbons (Fsp3) is 0.118. The van der Waals surface area contributed by atoms with Crippen LogP contribution in [0.5, 0.6) is 0 Å². The molecule has 0 atom stereocenters. The highest BCUT2D eigenvalue weighted by Crippen LogP contribution is 2.26. The van der Waals surface area contributed by atoms with Gasteiger partial charge < -0.3 is 10.2 Å². The number of nitrogens with zero attached hydrogens (tertiary/aromatic N) is 2. The van der Waals surface area contributed by atoms with E-state index in [1.807, 2.05) is 18.2 Å². The predicted molar refractivity (Wildman–Crippen MR) is 83.1 cm³/mol. The Bertz CT molecular complexity index is 741. The van der Waals surface area contributed by atoms with Gasteiger partial charge in [-0.2, -0.15) is 0 Å². The van der Waals surface area contributed by atoms with E-state index in [9.17, 15) is 9.59 Å². The van der Waals surface area contributed by atoms with Gasteiger partial charge in [0.1, 0.15) is 0 Å². The second-order valence-electron chi connectivity index (χ2n) is 5.08. The largest absolute Gasteiger partial charge is 0.331 e. The van der Waals surface area contributed by atoms with Crippen molar-refractivity contribution >= 4 is 17.5 Å². The van der Waals surface area contributed by atoms with Gasteiger partial charge in [-0.25, -0.2) is 0 Å². The van der Waals surface area contributed by atoms with Crippen molar-refractivity contribution in [2.45, 2.75) is 13.1 Å². The molecule has 0 spiro atoms. The summed E-state index contributed by atoms with van der Waals surface area (Å²) >= 11 is 0. The van der Waals surface area contributed by atoms with Crippen LogP contribution in [0, 0.1) is 0 Å². The third-order valence-electron chi connectivity index (χ3n) is 3.60. The molecule has 0 bridgehead atoms. The Morgan fingerprint density at radius 2 is 2.05 bits per heavy atom. The van der Waals surface area contributed by atoms with Crippen LogP contribution < -0.4 is 5.32 Å². The standard InChI is InChI=1S/C17H15N3O2/c1-2-16(21)20-10-13-5-6-15(8-14(13)11-20)19-17(22)12-4-3-7-18-9-12/h2-9H,1,10-11H2,(H,19,22). The van der Waals surface area contributed by atoms with E-state index in [0.29, 0.717) is 24.3 Å². The van der Waals surface area contributed by atoms with Crippen LogP contribution >= 0.6 is 0 Å². The molecule has 2 heterocycles. The topological polar surface area (TPSA) is 62.3 Å². The van der Waals surface area contributed by atoms with Crippen LogP contribution in [-0.2, 0) is 17.9 Å². The molecule has 0 saturated carbocycles. The minimum atomic E-state index is -0.204. The van der Waals surface area contributed by atoms with Crippen LogP contribution in [-0.4, -0.2) is 21.7 Å². The summed E-state index contributed by atoms with van der Waals surface area (Å²) in [7, 11) is 0. The van der Waals surface area contributed by atoms with E-state index in [1.165, 1.54) is 12.3 Å². The summed E-state index contributed by atoms with van der Waals surface area (Å²) in [5, 5.41) is 2.84. The zero-order valence-electron chi connectivity index (χ0n) is 12.0. The molecule has 0 radical (unpaired) electrons. The first kappa shape index (κ1) is 14.0. The second kappa shape index (κ2) is 5.81. The summed E-state index contributed by atoms with van der Waals surface area (Å²) in [5.41, 5.74) is 3.35. The summed E-state index contributed by atoms with van der Waals surface area (Å²) in [4.78, 5) is 29.4. The van der Waals surface area contributed by atoms with Gasteiger partial charge in [0, 0.05) is 31.2 Å². The number of benzene rings is 1. The number of carbonyl (C=O) groups excluding carboxylic acids is 2. The summed E-state index contributed by atoms with van der Waals surface area (Å²) in [6.45, 7) is 4.62. The van der Waals surface area contributed by atoms with Crippen LogP contribution in [0.3, 0.4) is 0 Å². The highest BCUT2D eigenvalue weighted by molar-refractivity contribution is 6.04. The number of rotatable bonds is 3. The molecule has 2 amide bonds. The summed E-state index contributed by atoms with van der Waals surface area (Å²) in [5.74, 6) is -0.290. The Hall–Kier alpha value is -2.95. The van der Waals surface area contributed by atoms with Gasteiger partial charge in [-0.3, -0.25) is 14.6 Å². The maximum atomic E-state index is 12.1. The highest BCUT2D eigenvalue weighted by Gasteiger charge is 2.22. The van der Waals surface area contributed by atoms with Gasteiger partial charge in [0.05, 0.1) is 5.56 Å². The molecule has 1 aromatic carbocycles. The lowest BCUT2D eigenvalue weighted by Gasteiger charge is -2.11. The molecular formula is C17H15N3O2. The molecule has 1 aliphatic heterocycles. The lowest BCUT2D eigenvalue weighted by molar-refractivity contribution is -0.126. The number of pyridine rings is 1. The molecule has 0 aliphatic carbocycles. The second-order valence-corrected chi connectivity index (χ2v) is 5.08. The fourth-order valence-corrected chi connectivity index (χ4v) is 2.46. The normalized spacial score (nSPS) is 12.6. The average molecular weight is 293 g/mol. The van der Waals surface area contributed by atoms with Gasteiger partial charge in [-0.05, 0) is 41.5 Å². The average Bonchev–Trinajstić information content (AvgIpc) is 2.98. The molecule has 2 aromatic rings. The fourth-order valence-electron chi connectivity index (χ4n) is 2.46. The van der Waals surface area contributed by atoms with E-state index < -0.39 is 0 Å². The maximum Gasteiger partial charge on any atom is 0.257 e. The Kier molecular flexibility index (Phi) is 3.70. The zero-order valence-corrected chi connectivity index (χ0v) is 12.0. The van der Waals surface area contributed by atoms with Gasteiger partial charge in [0.25, 0.3) is 5.91 Å². The number of hydrogen-bond acceptors (Lipinski definition) is 3. The molecule has 1 aromatic heterocycles. The smallest absolute Gasteiger partial charge is 0.257 e. The zero-order chi connectivity index (χ0) is 15.5. The van der Waals surface area contributed by atoms with E-state index in [0.717, 1.165) is 11.1 Å². The lowest BCUT2D eigenvalue weighted by atomic mass is 10.1. The summed E-state index contributed by atoms with van der Waals surface area (Å²) < 4.78 is 0. The van der Waals surface area contributed by atoms with E-state index >= 15 is 0 Å². The third-order valence-corrected chi connectivity index (χ3v) is 3.60.